The Balaban J connectivity index is 3.78. The van der Waals surface area contributed by atoms with Gasteiger partial charge in [-0.05, 0) is 13.0 Å². The van der Waals surface area contributed by atoms with Gasteiger partial charge in [0.05, 0.1) is 0 Å². The van der Waals surface area contributed by atoms with Gasteiger partial charge in [-0.25, -0.2) is 0 Å². The predicted molar refractivity (Wildman–Crippen MR) is 43.8 cm³/mol. The Bertz CT molecular complexity index is 91.3. The molecule has 1 unspecified atom stereocenters. The van der Waals surface area contributed by atoms with Gasteiger partial charge in [0.2, 0.25) is 0 Å². The summed E-state index contributed by atoms with van der Waals surface area (Å²) < 4.78 is 0. The molecule has 0 saturated carbocycles. The van der Waals surface area contributed by atoms with Gasteiger partial charge in [-0.3, -0.25) is 5.32 Å². The molecule has 2 nitrogen and oxygen atoms in total. The topological polar surface area (TPSA) is 32.3 Å². The fraction of sp³-hybridized carbons (Fsp3) is 1.00. The van der Waals surface area contributed by atoms with Crippen LogP contribution in [-0.2, 0) is 0 Å². The van der Waals surface area contributed by atoms with Crippen LogP contribution in [0.15, 0.2) is 0 Å². The van der Waals surface area contributed by atoms with E-state index < -0.39 is 0 Å². The molecule has 0 saturated heterocycles. The van der Waals surface area contributed by atoms with Crippen molar-refractivity contribution in [3.63, 3.8) is 0 Å². The Kier molecular flexibility index (Phi) is 3.91. The minimum atomic E-state index is -0.373. The van der Waals surface area contributed by atoms with E-state index in [1.165, 1.54) is 0 Å². The molecule has 0 spiro atoms. The van der Waals surface area contributed by atoms with E-state index in [1.807, 2.05) is 6.92 Å². The maximum Gasteiger partial charge on any atom is 0.110 e. The lowest BCUT2D eigenvalue weighted by molar-refractivity contribution is 0.0208. The molecule has 0 rings (SSSR count). The SMILES string of the molecule is CCNC(O)C(C)(C)CC. The Hall–Kier alpha value is -0.0800. The van der Waals surface area contributed by atoms with Gasteiger partial charge in [-0.2, -0.15) is 0 Å². The molecule has 0 heterocycles. The van der Waals surface area contributed by atoms with Gasteiger partial charge in [0.25, 0.3) is 0 Å². The van der Waals surface area contributed by atoms with Crippen molar-refractivity contribution >= 4 is 0 Å². The maximum atomic E-state index is 9.47. The molecule has 0 bridgehead atoms. The molecule has 2 N–H and O–H groups in total. The standard InChI is InChI=1S/C8H19NO/c1-5-8(3,4)7(10)9-6-2/h7,9-10H,5-6H2,1-4H3. The van der Waals surface area contributed by atoms with Crippen molar-refractivity contribution in [3.05, 3.63) is 0 Å². The highest BCUT2D eigenvalue weighted by atomic mass is 16.3. The van der Waals surface area contributed by atoms with Gasteiger partial charge >= 0.3 is 0 Å². The lowest BCUT2D eigenvalue weighted by Gasteiger charge is -2.29. The number of aliphatic hydroxyl groups is 1. The van der Waals surface area contributed by atoms with Gasteiger partial charge in [0.15, 0.2) is 0 Å². The predicted octanol–water partition coefficient (Wildman–Crippen LogP) is 1.35. The zero-order valence-corrected chi connectivity index (χ0v) is 7.44. The van der Waals surface area contributed by atoms with Crippen LogP contribution in [-0.4, -0.2) is 17.9 Å². The molecule has 0 aliphatic heterocycles. The van der Waals surface area contributed by atoms with Crippen LogP contribution in [0, 0.1) is 5.41 Å². The lowest BCUT2D eigenvalue weighted by atomic mass is 9.88. The largest absolute Gasteiger partial charge is 0.378 e. The minimum Gasteiger partial charge on any atom is -0.378 e. The lowest BCUT2D eigenvalue weighted by Crippen LogP contribution is -2.41. The summed E-state index contributed by atoms with van der Waals surface area (Å²) in [6.07, 6.45) is 0.615. The zero-order valence-electron chi connectivity index (χ0n) is 7.44. The molecule has 0 amide bonds. The minimum absolute atomic E-state index is 0.00396. The molecular weight excluding hydrogens is 126 g/mol. The van der Waals surface area contributed by atoms with Crippen molar-refractivity contribution in [2.24, 2.45) is 5.41 Å². The van der Waals surface area contributed by atoms with Crippen LogP contribution in [0.5, 0.6) is 0 Å². The van der Waals surface area contributed by atoms with E-state index in [9.17, 15) is 5.11 Å². The van der Waals surface area contributed by atoms with Crippen molar-refractivity contribution in [1.82, 2.24) is 5.32 Å². The van der Waals surface area contributed by atoms with E-state index >= 15 is 0 Å². The van der Waals surface area contributed by atoms with Gasteiger partial charge in [-0.15, -0.1) is 0 Å². The first kappa shape index (κ1) is 9.92. The van der Waals surface area contributed by atoms with Gasteiger partial charge in [0, 0.05) is 5.41 Å². The van der Waals surface area contributed by atoms with Crippen LogP contribution < -0.4 is 5.32 Å². The second-order valence-electron chi connectivity index (χ2n) is 3.30. The highest BCUT2D eigenvalue weighted by molar-refractivity contribution is 4.73. The van der Waals surface area contributed by atoms with Crippen molar-refractivity contribution in [2.75, 3.05) is 6.54 Å². The van der Waals surface area contributed by atoms with Crippen molar-refractivity contribution in [1.29, 1.82) is 0 Å². The van der Waals surface area contributed by atoms with Crippen LogP contribution >= 0.6 is 0 Å². The van der Waals surface area contributed by atoms with E-state index in [2.05, 4.69) is 26.1 Å². The van der Waals surface area contributed by atoms with Crippen LogP contribution in [0.4, 0.5) is 0 Å². The van der Waals surface area contributed by atoms with Crippen LogP contribution in [0.25, 0.3) is 0 Å². The van der Waals surface area contributed by atoms with E-state index in [0.29, 0.717) is 0 Å². The monoisotopic (exact) mass is 145 g/mol. The molecule has 0 aromatic heterocycles. The zero-order chi connectivity index (χ0) is 8.20. The summed E-state index contributed by atoms with van der Waals surface area (Å²) in [5.74, 6) is 0. The second-order valence-corrected chi connectivity index (χ2v) is 3.30. The Labute approximate surface area is 63.6 Å². The van der Waals surface area contributed by atoms with Crippen molar-refractivity contribution < 1.29 is 5.11 Å². The number of rotatable bonds is 4. The summed E-state index contributed by atoms with van der Waals surface area (Å²) in [5, 5.41) is 12.5. The Morgan fingerprint density at radius 3 is 2.20 bits per heavy atom. The van der Waals surface area contributed by atoms with Crippen LogP contribution in [0.3, 0.4) is 0 Å². The molecule has 0 fully saturated rings. The summed E-state index contributed by atoms with van der Waals surface area (Å²) in [6, 6.07) is 0. The van der Waals surface area contributed by atoms with Crippen LogP contribution in [0.2, 0.25) is 0 Å². The third-order valence-electron chi connectivity index (χ3n) is 2.05. The first-order valence-corrected chi connectivity index (χ1v) is 3.96. The van der Waals surface area contributed by atoms with Crippen molar-refractivity contribution in [3.8, 4) is 0 Å². The maximum absolute atomic E-state index is 9.47. The average Bonchev–Trinajstić information content (AvgIpc) is 1.89. The van der Waals surface area contributed by atoms with E-state index in [4.69, 9.17) is 0 Å². The molecule has 0 aromatic carbocycles. The summed E-state index contributed by atoms with van der Waals surface area (Å²) in [4.78, 5) is 0. The number of aliphatic hydroxyl groups excluding tert-OH is 1. The van der Waals surface area contributed by atoms with Gasteiger partial charge in [0.1, 0.15) is 6.23 Å². The molecule has 0 aliphatic carbocycles. The average molecular weight is 145 g/mol. The molecule has 62 valence electrons. The van der Waals surface area contributed by atoms with E-state index in [0.717, 1.165) is 13.0 Å². The fourth-order valence-corrected chi connectivity index (χ4v) is 0.663. The molecule has 0 radical (unpaired) electrons. The number of nitrogens with one attached hydrogen (secondary N) is 1. The quantitative estimate of drug-likeness (QED) is 0.585. The summed E-state index contributed by atoms with van der Waals surface area (Å²) >= 11 is 0. The molecule has 2 heteroatoms. The molecule has 0 aromatic rings. The number of hydrogen-bond acceptors (Lipinski definition) is 2. The summed E-state index contributed by atoms with van der Waals surface area (Å²) in [7, 11) is 0. The summed E-state index contributed by atoms with van der Waals surface area (Å²) in [6.45, 7) is 9.01. The highest BCUT2D eigenvalue weighted by Crippen LogP contribution is 2.22. The summed E-state index contributed by atoms with van der Waals surface area (Å²) in [5.41, 5.74) is -0.00396. The molecule has 1 atom stereocenters. The van der Waals surface area contributed by atoms with E-state index in [1.54, 1.807) is 0 Å². The van der Waals surface area contributed by atoms with E-state index in [-0.39, 0.29) is 11.6 Å². The molecule has 10 heavy (non-hydrogen) atoms. The highest BCUT2D eigenvalue weighted by Gasteiger charge is 2.24. The third kappa shape index (κ3) is 2.67. The Morgan fingerprint density at radius 2 is 1.90 bits per heavy atom. The van der Waals surface area contributed by atoms with Gasteiger partial charge < -0.3 is 5.11 Å². The first-order chi connectivity index (χ1) is 4.54. The smallest absolute Gasteiger partial charge is 0.110 e. The van der Waals surface area contributed by atoms with Gasteiger partial charge in [-0.1, -0.05) is 27.7 Å². The molecular formula is C8H19NO. The second kappa shape index (κ2) is 3.94. The van der Waals surface area contributed by atoms with Crippen molar-refractivity contribution in [2.45, 2.75) is 40.3 Å². The normalized spacial score (nSPS) is 15.3. The number of hydrogen-bond donors (Lipinski definition) is 2. The fourth-order valence-electron chi connectivity index (χ4n) is 0.663. The molecule has 0 aliphatic rings. The Morgan fingerprint density at radius 1 is 1.40 bits per heavy atom. The van der Waals surface area contributed by atoms with Crippen LogP contribution in [0.1, 0.15) is 34.1 Å². The first-order valence-electron chi connectivity index (χ1n) is 3.96. The third-order valence-corrected chi connectivity index (χ3v) is 2.05.